The summed E-state index contributed by atoms with van der Waals surface area (Å²) >= 11 is 1.67. The van der Waals surface area contributed by atoms with Gasteiger partial charge in [0.15, 0.2) is 4.96 Å². The van der Waals surface area contributed by atoms with Gasteiger partial charge in [-0.1, -0.05) is 6.08 Å². The maximum absolute atomic E-state index is 4.51. The normalized spacial score (nSPS) is 12.9. The van der Waals surface area contributed by atoms with Crippen molar-refractivity contribution < 1.29 is 0 Å². The number of nitrogens with one attached hydrogen (secondary N) is 1. The highest BCUT2D eigenvalue weighted by molar-refractivity contribution is 7.15. The lowest BCUT2D eigenvalue weighted by molar-refractivity contribution is 0.450. The Morgan fingerprint density at radius 1 is 1.47 bits per heavy atom. The first-order chi connectivity index (χ1) is 7.97. The summed E-state index contributed by atoms with van der Waals surface area (Å²) in [5.74, 6) is 0. The Morgan fingerprint density at radius 2 is 2.24 bits per heavy atom. The Bertz CT molecular complexity index is 528. The second kappa shape index (κ2) is 4.63. The molecule has 0 bridgehead atoms. The highest BCUT2D eigenvalue weighted by Crippen LogP contribution is 2.17. The van der Waals surface area contributed by atoms with E-state index in [9.17, 15) is 0 Å². The number of rotatable bonds is 3. The van der Waals surface area contributed by atoms with Crippen LogP contribution in [0.15, 0.2) is 17.7 Å². The molecular formula is C13H19N3S. The molecule has 17 heavy (non-hydrogen) atoms. The Morgan fingerprint density at radius 3 is 2.94 bits per heavy atom. The van der Waals surface area contributed by atoms with Crippen molar-refractivity contribution in [3.8, 4) is 0 Å². The van der Waals surface area contributed by atoms with E-state index in [4.69, 9.17) is 0 Å². The van der Waals surface area contributed by atoms with E-state index in [2.05, 4.69) is 66.1 Å². The molecule has 2 aromatic heterocycles. The van der Waals surface area contributed by atoms with Gasteiger partial charge in [-0.15, -0.1) is 11.3 Å². The molecule has 4 heteroatoms. The second-order valence-corrected chi connectivity index (χ2v) is 6.04. The number of aryl methyl sites for hydroxylation is 1. The van der Waals surface area contributed by atoms with E-state index in [1.165, 1.54) is 5.69 Å². The van der Waals surface area contributed by atoms with Gasteiger partial charge < -0.3 is 5.32 Å². The molecule has 0 aromatic carbocycles. The Labute approximate surface area is 106 Å². The van der Waals surface area contributed by atoms with Crippen LogP contribution in [0.25, 0.3) is 11.0 Å². The third kappa shape index (κ3) is 2.96. The molecule has 0 saturated carbocycles. The minimum absolute atomic E-state index is 0.161. The average molecular weight is 249 g/mol. The molecule has 3 nitrogen and oxygen atoms in total. The summed E-state index contributed by atoms with van der Waals surface area (Å²) in [7, 11) is 0. The largest absolute Gasteiger partial charge is 0.309 e. The molecule has 1 N–H and O–H groups in total. The van der Waals surface area contributed by atoms with Gasteiger partial charge in [0.25, 0.3) is 0 Å². The molecule has 0 aliphatic carbocycles. The predicted octanol–water partition coefficient (Wildman–Crippen LogP) is 3.11. The van der Waals surface area contributed by atoms with E-state index >= 15 is 0 Å². The van der Waals surface area contributed by atoms with Crippen molar-refractivity contribution in [2.45, 2.75) is 33.2 Å². The number of imidazole rings is 1. The molecule has 0 radical (unpaired) electrons. The lowest BCUT2D eigenvalue weighted by atomic mass is 10.1. The van der Waals surface area contributed by atoms with E-state index in [1.807, 2.05) is 0 Å². The van der Waals surface area contributed by atoms with Crippen LogP contribution in [0.5, 0.6) is 0 Å². The van der Waals surface area contributed by atoms with Crippen LogP contribution in [0, 0.1) is 6.92 Å². The summed E-state index contributed by atoms with van der Waals surface area (Å²) in [5, 5.41) is 5.49. The van der Waals surface area contributed by atoms with Gasteiger partial charge >= 0.3 is 0 Å². The molecule has 0 aliphatic rings. The van der Waals surface area contributed by atoms with Gasteiger partial charge in [0, 0.05) is 23.7 Å². The second-order valence-electron chi connectivity index (χ2n) is 5.17. The van der Waals surface area contributed by atoms with E-state index in [0.717, 1.165) is 17.2 Å². The first-order valence-corrected chi connectivity index (χ1v) is 6.69. The Kier molecular flexibility index (Phi) is 3.35. The monoisotopic (exact) mass is 249 g/mol. The zero-order valence-corrected chi connectivity index (χ0v) is 11.6. The number of hydrogen-bond donors (Lipinski definition) is 1. The van der Waals surface area contributed by atoms with E-state index in [0.29, 0.717) is 0 Å². The van der Waals surface area contributed by atoms with Crippen molar-refractivity contribution in [3.63, 3.8) is 0 Å². The first-order valence-electron chi connectivity index (χ1n) is 5.81. The number of fused-ring (bicyclic) bond motifs is 1. The molecule has 92 valence electrons. The maximum atomic E-state index is 4.51. The smallest absolute Gasteiger partial charge is 0.194 e. The zero-order chi connectivity index (χ0) is 12.5. The van der Waals surface area contributed by atoms with E-state index in [-0.39, 0.29) is 5.54 Å². The predicted molar refractivity (Wildman–Crippen MR) is 74.6 cm³/mol. The minimum atomic E-state index is 0.161. The number of aromatic nitrogens is 2. The number of thiazole rings is 1. The summed E-state index contributed by atoms with van der Waals surface area (Å²) < 4.78 is 2.13. The van der Waals surface area contributed by atoms with Gasteiger partial charge in [0.2, 0.25) is 0 Å². The first kappa shape index (κ1) is 12.3. The molecule has 0 saturated heterocycles. The molecule has 2 aromatic rings. The Balaban J connectivity index is 2.10. The van der Waals surface area contributed by atoms with E-state index < -0.39 is 0 Å². The van der Waals surface area contributed by atoms with Crippen LogP contribution in [0.2, 0.25) is 0 Å². The van der Waals surface area contributed by atoms with Gasteiger partial charge in [-0.2, -0.15) is 0 Å². The lowest BCUT2D eigenvalue weighted by Gasteiger charge is -2.18. The van der Waals surface area contributed by atoms with Crippen LogP contribution in [0.4, 0.5) is 0 Å². The van der Waals surface area contributed by atoms with Crippen molar-refractivity contribution >= 4 is 22.4 Å². The molecule has 2 rings (SSSR count). The summed E-state index contributed by atoms with van der Waals surface area (Å²) in [6, 6.07) is 0. The maximum Gasteiger partial charge on any atom is 0.194 e. The molecule has 0 spiro atoms. The molecule has 0 fully saturated rings. The lowest BCUT2D eigenvalue weighted by Crippen LogP contribution is -2.35. The van der Waals surface area contributed by atoms with Crippen molar-refractivity contribution in [3.05, 3.63) is 29.0 Å². The van der Waals surface area contributed by atoms with Crippen LogP contribution in [0.3, 0.4) is 0 Å². The fraction of sp³-hybridized carbons (Fsp3) is 0.462. The van der Waals surface area contributed by atoms with Gasteiger partial charge in [-0.25, -0.2) is 4.98 Å². The van der Waals surface area contributed by atoms with Gasteiger partial charge in [-0.3, -0.25) is 4.40 Å². The summed E-state index contributed by atoms with van der Waals surface area (Å²) in [6.07, 6.45) is 6.36. The third-order valence-electron chi connectivity index (χ3n) is 2.51. The van der Waals surface area contributed by atoms with Crippen LogP contribution >= 0.6 is 11.3 Å². The molecular weight excluding hydrogens is 230 g/mol. The van der Waals surface area contributed by atoms with Crippen LogP contribution in [0.1, 0.15) is 32.2 Å². The standard InChI is InChI=1S/C13H19N3S/c1-10-11(6-5-7-14-13(2,3)4)16-8-9-17-12(16)15-10/h5-6,8-9,14H,7H2,1-4H3. The van der Waals surface area contributed by atoms with Gasteiger partial charge in [-0.05, 0) is 33.8 Å². The molecule has 0 atom stereocenters. The van der Waals surface area contributed by atoms with Crippen molar-refractivity contribution in [1.29, 1.82) is 0 Å². The van der Waals surface area contributed by atoms with Crippen LogP contribution in [-0.2, 0) is 0 Å². The van der Waals surface area contributed by atoms with Crippen molar-refractivity contribution in [2.24, 2.45) is 0 Å². The quantitative estimate of drug-likeness (QED) is 0.905. The number of nitrogens with zero attached hydrogens (tertiary/aromatic N) is 2. The number of hydrogen-bond acceptors (Lipinski definition) is 3. The molecule has 0 aliphatic heterocycles. The van der Waals surface area contributed by atoms with Gasteiger partial charge in [0.05, 0.1) is 11.4 Å². The van der Waals surface area contributed by atoms with Crippen LogP contribution in [-0.4, -0.2) is 21.5 Å². The zero-order valence-electron chi connectivity index (χ0n) is 10.8. The SMILES string of the molecule is Cc1nc2sccn2c1C=CCNC(C)(C)C. The van der Waals surface area contributed by atoms with Crippen molar-refractivity contribution in [2.75, 3.05) is 6.54 Å². The summed E-state index contributed by atoms with van der Waals surface area (Å²) in [4.78, 5) is 5.57. The Hall–Kier alpha value is -1.13. The highest BCUT2D eigenvalue weighted by atomic mass is 32.1. The van der Waals surface area contributed by atoms with Crippen molar-refractivity contribution in [1.82, 2.24) is 14.7 Å². The minimum Gasteiger partial charge on any atom is -0.309 e. The highest BCUT2D eigenvalue weighted by Gasteiger charge is 2.07. The van der Waals surface area contributed by atoms with Crippen LogP contribution < -0.4 is 5.32 Å². The summed E-state index contributed by atoms with van der Waals surface area (Å²) in [5.41, 5.74) is 2.43. The van der Waals surface area contributed by atoms with Gasteiger partial charge in [0.1, 0.15) is 0 Å². The summed E-state index contributed by atoms with van der Waals surface area (Å²) in [6.45, 7) is 9.43. The average Bonchev–Trinajstić information content (AvgIpc) is 2.73. The molecule has 2 heterocycles. The fourth-order valence-electron chi connectivity index (χ4n) is 1.65. The third-order valence-corrected chi connectivity index (χ3v) is 3.27. The fourth-order valence-corrected chi connectivity index (χ4v) is 2.41. The topological polar surface area (TPSA) is 29.3 Å². The molecule has 0 unspecified atom stereocenters. The van der Waals surface area contributed by atoms with E-state index in [1.54, 1.807) is 11.3 Å². The molecule has 0 amide bonds.